The van der Waals surface area contributed by atoms with Gasteiger partial charge in [0.2, 0.25) is 0 Å². The fourth-order valence-corrected chi connectivity index (χ4v) is 2.31. The van der Waals surface area contributed by atoms with Crippen LogP contribution < -0.4 is 10.1 Å². The van der Waals surface area contributed by atoms with Crippen molar-refractivity contribution in [2.45, 2.75) is 13.8 Å². The summed E-state index contributed by atoms with van der Waals surface area (Å²) in [6, 6.07) is 13.1. The van der Waals surface area contributed by atoms with Crippen molar-refractivity contribution in [2.24, 2.45) is 0 Å². The van der Waals surface area contributed by atoms with Crippen LogP contribution in [0.25, 0.3) is 11.0 Å². The molecule has 2 aromatic carbocycles. The summed E-state index contributed by atoms with van der Waals surface area (Å²) in [5.41, 5.74) is 3.56. The van der Waals surface area contributed by atoms with Crippen LogP contribution in [0.2, 0.25) is 0 Å². The number of ether oxygens (including phenoxy) is 1. The molecule has 1 N–H and O–H groups in total. The predicted molar refractivity (Wildman–Crippen MR) is 86.6 cm³/mol. The highest BCUT2D eigenvalue weighted by atomic mass is 16.5. The molecule has 1 heterocycles. The standard InChI is InChI=1S/C18H17NO3/c1-11-4-5-12(2)15(8-11)19-18(20)17-10-13-9-14(21-3)6-7-16(13)22-17/h4-10H,1-3H3,(H,19,20). The van der Waals surface area contributed by atoms with Crippen LogP contribution in [0.15, 0.2) is 46.9 Å². The zero-order valence-electron chi connectivity index (χ0n) is 12.8. The molecule has 1 amide bonds. The number of rotatable bonds is 3. The highest BCUT2D eigenvalue weighted by Crippen LogP contribution is 2.25. The zero-order valence-corrected chi connectivity index (χ0v) is 12.8. The first-order valence-electron chi connectivity index (χ1n) is 7.03. The van der Waals surface area contributed by atoms with Gasteiger partial charge in [0, 0.05) is 11.1 Å². The minimum Gasteiger partial charge on any atom is -0.497 e. The molecule has 4 heteroatoms. The minimum atomic E-state index is -0.260. The summed E-state index contributed by atoms with van der Waals surface area (Å²) in [6.45, 7) is 3.95. The molecule has 0 bridgehead atoms. The van der Waals surface area contributed by atoms with Gasteiger partial charge in [-0.2, -0.15) is 0 Å². The molecule has 4 nitrogen and oxygen atoms in total. The monoisotopic (exact) mass is 295 g/mol. The van der Waals surface area contributed by atoms with Gasteiger partial charge in [-0.05, 0) is 55.3 Å². The largest absolute Gasteiger partial charge is 0.497 e. The van der Waals surface area contributed by atoms with Gasteiger partial charge in [-0.15, -0.1) is 0 Å². The molecule has 0 radical (unpaired) electrons. The Kier molecular flexibility index (Phi) is 3.59. The molecule has 0 aliphatic carbocycles. The van der Waals surface area contributed by atoms with Crippen LogP contribution in [-0.2, 0) is 0 Å². The van der Waals surface area contributed by atoms with Crippen molar-refractivity contribution >= 4 is 22.6 Å². The minimum absolute atomic E-state index is 0.260. The van der Waals surface area contributed by atoms with Gasteiger partial charge in [0.05, 0.1) is 7.11 Å². The molecular weight excluding hydrogens is 278 g/mol. The summed E-state index contributed by atoms with van der Waals surface area (Å²) < 4.78 is 10.8. The number of benzene rings is 2. The number of aryl methyl sites for hydroxylation is 2. The van der Waals surface area contributed by atoms with E-state index in [9.17, 15) is 4.79 Å². The molecule has 0 atom stereocenters. The fraction of sp³-hybridized carbons (Fsp3) is 0.167. The molecule has 0 aliphatic rings. The van der Waals surface area contributed by atoms with Gasteiger partial charge in [-0.25, -0.2) is 0 Å². The number of methoxy groups -OCH3 is 1. The molecule has 112 valence electrons. The average Bonchev–Trinajstić information content (AvgIpc) is 2.94. The van der Waals surface area contributed by atoms with Gasteiger partial charge >= 0.3 is 0 Å². The van der Waals surface area contributed by atoms with E-state index in [-0.39, 0.29) is 11.7 Å². The Bertz CT molecular complexity index is 849. The lowest BCUT2D eigenvalue weighted by Crippen LogP contribution is -2.11. The van der Waals surface area contributed by atoms with E-state index in [1.807, 2.05) is 38.1 Å². The number of hydrogen-bond donors (Lipinski definition) is 1. The Morgan fingerprint density at radius 3 is 2.68 bits per heavy atom. The molecule has 0 unspecified atom stereocenters. The quantitative estimate of drug-likeness (QED) is 0.783. The number of fused-ring (bicyclic) bond motifs is 1. The van der Waals surface area contributed by atoms with Crippen LogP contribution in [0.4, 0.5) is 5.69 Å². The van der Waals surface area contributed by atoms with Crippen molar-refractivity contribution < 1.29 is 13.9 Å². The highest BCUT2D eigenvalue weighted by Gasteiger charge is 2.14. The van der Waals surface area contributed by atoms with Crippen molar-refractivity contribution in [1.29, 1.82) is 0 Å². The van der Waals surface area contributed by atoms with Crippen LogP contribution in [0.3, 0.4) is 0 Å². The average molecular weight is 295 g/mol. The molecule has 1 aromatic heterocycles. The Balaban J connectivity index is 1.90. The van der Waals surface area contributed by atoms with Crippen molar-refractivity contribution in [3.8, 4) is 5.75 Å². The molecule has 0 aliphatic heterocycles. The highest BCUT2D eigenvalue weighted by molar-refractivity contribution is 6.05. The lowest BCUT2D eigenvalue weighted by Gasteiger charge is -2.07. The van der Waals surface area contributed by atoms with Crippen LogP contribution in [0.5, 0.6) is 5.75 Å². The predicted octanol–water partition coefficient (Wildman–Crippen LogP) is 4.31. The number of nitrogens with one attached hydrogen (secondary N) is 1. The van der Waals surface area contributed by atoms with E-state index in [4.69, 9.17) is 9.15 Å². The van der Waals surface area contributed by atoms with E-state index in [2.05, 4.69) is 5.32 Å². The molecule has 3 aromatic rings. The van der Waals surface area contributed by atoms with Crippen molar-refractivity contribution in [3.63, 3.8) is 0 Å². The molecule has 0 fully saturated rings. The summed E-state index contributed by atoms with van der Waals surface area (Å²) in [7, 11) is 1.61. The van der Waals surface area contributed by atoms with E-state index >= 15 is 0 Å². The maximum absolute atomic E-state index is 12.4. The number of furan rings is 1. The topological polar surface area (TPSA) is 51.5 Å². The molecule has 0 spiro atoms. The second kappa shape index (κ2) is 5.56. The molecule has 3 rings (SSSR count). The van der Waals surface area contributed by atoms with Gasteiger partial charge in [-0.1, -0.05) is 12.1 Å². The summed E-state index contributed by atoms with van der Waals surface area (Å²) >= 11 is 0. The third-order valence-electron chi connectivity index (χ3n) is 3.59. The van der Waals surface area contributed by atoms with Crippen LogP contribution in [0.1, 0.15) is 21.7 Å². The van der Waals surface area contributed by atoms with Crippen LogP contribution in [-0.4, -0.2) is 13.0 Å². The second-order valence-electron chi connectivity index (χ2n) is 5.29. The Hall–Kier alpha value is -2.75. The lowest BCUT2D eigenvalue weighted by molar-refractivity contribution is 0.0998. The number of hydrogen-bond acceptors (Lipinski definition) is 3. The number of amides is 1. The maximum Gasteiger partial charge on any atom is 0.291 e. The van der Waals surface area contributed by atoms with Crippen molar-refractivity contribution in [2.75, 3.05) is 12.4 Å². The van der Waals surface area contributed by atoms with E-state index in [0.29, 0.717) is 5.58 Å². The van der Waals surface area contributed by atoms with Crippen molar-refractivity contribution in [3.05, 3.63) is 59.4 Å². The summed E-state index contributed by atoms with van der Waals surface area (Å²) in [5.74, 6) is 0.753. The maximum atomic E-state index is 12.4. The van der Waals surface area contributed by atoms with Gasteiger partial charge in [0.15, 0.2) is 5.76 Å². The van der Waals surface area contributed by atoms with E-state index in [1.54, 1.807) is 25.3 Å². The molecular formula is C18H17NO3. The van der Waals surface area contributed by atoms with Gasteiger partial charge in [0.25, 0.3) is 5.91 Å². The number of carbonyl (C=O) groups is 1. The van der Waals surface area contributed by atoms with Gasteiger partial charge in [0.1, 0.15) is 11.3 Å². The smallest absolute Gasteiger partial charge is 0.291 e. The first-order valence-corrected chi connectivity index (χ1v) is 7.03. The molecule has 0 saturated heterocycles. The number of anilines is 1. The third-order valence-corrected chi connectivity index (χ3v) is 3.59. The summed E-state index contributed by atoms with van der Waals surface area (Å²) in [4.78, 5) is 12.4. The van der Waals surface area contributed by atoms with E-state index < -0.39 is 0 Å². The Morgan fingerprint density at radius 2 is 1.91 bits per heavy atom. The third kappa shape index (κ3) is 2.68. The molecule has 22 heavy (non-hydrogen) atoms. The lowest BCUT2D eigenvalue weighted by atomic mass is 10.1. The first-order chi connectivity index (χ1) is 10.6. The van der Waals surface area contributed by atoms with Gasteiger partial charge < -0.3 is 14.5 Å². The van der Waals surface area contributed by atoms with Crippen molar-refractivity contribution in [1.82, 2.24) is 0 Å². The summed E-state index contributed by atoms with van der Waals surface area (Å²) in [6.07, 6.45) is 0. The van der Waals surface area contributed by atoms with Crippen LogP contribution >= 0.6 is 0 Å². The number of carbonyl (C=O) groups excluding carboxylic acids is 1. The first kappa shape index (κ1) is 14.2. The molecule has 0 saturated carbocycles. The summed E-state index contributed by atoms with van der Waals surface area (Å²) in [5, 5.41) is 3.73. The zero-order chi connectivity index (χ0) is 15.7. The van der Waals surface area contributed by atoms with Crippen LogP contribution in [0, 0.1) is 13.8 Å². The van der Waals surface area contributed by atoms with E-state index in [0.717, 1.165) is 28.0 Å². The second-order valence-corrected chi connectivity index (χ2v) is 5.29. The van der Waals surface area contributed by atoms with Gasteiger partial charge in [-0.3, -0.25) is 4.79 Å². The van der Waals surface area contributed by atoms with E-state index in [1.165, 1.54) is 0 Å². The normalized spacial score (nSPS) is 10.7. The Morgan fingerprint density at radius 1 is 1.09 bits per heavy atom. The Labute approximate surface area is 128 Å². The fourth-order valence-electron chi connectivity index (χ4n) is 2.31. The SMILES string of the molecule is COc1ccc2oc(C(=O)Nc3cc(C)ccc3C)cc2c1.